The second-order valence-corrected chi connectivity index (χ2v) is 6.91. The molecule has 128 valence electrons. The molecule has 0 saturated heterocycles. The lowest BCUT2D eigenvalue weighted by Gasteiger charge is -2.06. The number of benzene rings is 2. The first-order chi connectivity index (χ1) is 12.1. The first-order valence-electron chi connectivity index (χ1n) is 8.18. The molecule has 0 aliphatic rings. The van der Waals surface area contributed by atoms with E-state index in [2.05, 4.69) is 38.2 Å². The van der Waals surface area contributed by atoms with Crippen molar-refractivity contribution >= 4 is 22.1 Å². The molecule has 0 spiro atoms. The van der Waals surface area contributed by atoms with Gasteiger partial charge < -0.3 is 0 Å². The van der Waals surface area contributed by atoms with Crippen molar-refractivity contribution in [3.8, 4) is 5.69 Å². The number of aromatic nitrogens is 2. The van der Waals surface area contributed by atoms with Crippen LogP contribution in [0.5, 0.6) is 0 Å². The number of H-pyrrole nitrogens is 1. The molecule has 0 aliphatic heterocycles. The first-order valence-corrected chi connectivity index (χ1v) is 8.97. The molecule has 0 atom stereocenters. The molecule has 3 rings (SSSR count). The van der Waals surface area contributed by atoms with E-state index in [-0.39, 0.29) is 5.56 Å². The van der Waals surface area contributed by atoms with Gasteiger partial charge in [0.1, 0.15) is 0 Å². The average Bonchev–Trinajstić information content (AvgIpc) is 2.87. The van der Waals surface area contributed by atoms with Crippen molar-refractivity contribution in [2.24, 2.45) is 4.99 Å². The molecule has 0 amide bonds. The Hall–Kier alpha value is -2.40. The second-order valence-electron chi connectivity index (χ2n) is 5.99. The maximum Gasteiger partial charge on any atom is 0.280 e. The van der Waals surface area contributed by atoms with Crippen LogP contribution in [0, 0.1) is 13.8 Å². The zero-order valence-corrected chi connectivity index (χ0v) is 15.9. The highest BCUT2D eigenvalue weighted by Crippen LogP contribution is 2.18. The summed E-state index contributed by atoms with van der Waals surface area (Å²) in [7, 11) is 0. The zero-order chi connectivity index (χ0) is 17.8. The van der Waals surface area contributed by atoms with Crippen LogP contribution in [-0.2, 0) is 6.42 Å². The highest BCUT2D eigenvalue weighted by Gasteiger charge is 2.12. The number of nitrogens with zero attached hydrogens (tertiary/aromatic N) is 2. The van der Waals surface area contributed by atoms with E-state index in [1.54, 1.807) is 10.9 Å². The lowest BCUT2D eigenvalue weighted by atomic mass is 10.1. The number of aromatic amines is 1. The highest BCUT2D eigenvalue weighted by atomic mass is 79.9. The van der Waals surface area contributed by atoms with Crippen molar-refractivity contribution in [2.45, 2.75) is 20.3 Å². The molecule has 1 N–H and O–H groups in total. The van der Waals surface area contributed by atoms with Crippen molar-refractivity contribution in [2.75, 3.05) is 6.54 Å². The monoisotopic (exact) mass is 397 g/mol. The molecule has 0 radical (unpaired) electrons. The summed E-state index contributed by atoms with van der Waals surface area (Å²) < 4.78 is 2.57. The summed E-state index contributed by atoms with van der Waals surface area (Å²) in [6.07, 6.45) is 2.54. The predicted molar refractivity (Wildman–Crippen MR) is 106 cm³/mol. The number of hydrogen-bond donors (Lipinski definition) is 1. The van der Waals surface area contributed by atoms with E-state index in [1.807, 2.05) is 50.2 Å². The van der Waals surface area contributed by atoms with E-state index in [9.17, 15) is 4.79 Å². The number of aryl methyl sites for hydroxylation is 2. The van der Waals surface area contributed by atoms with Crippen molar-refractivity contribution in [3.63, 3.8) is 0 Å². The second kappa shape index (κ2) is 7.66. The van der Waals surface area contributed by atoms with Crippen LogP contribution in [-0.4, -0.2) is 22.5 Å². The minimum absolute atomic E-state index is 0.0774. The van der Waals surface area contributed by atoms with Crippen LogP contribution in [0.25, 0.3) is 5.69 Å². The lowest BCUT2D eigenvalue weighted by molar-refractivity contribution is 0.828. The molecule has 1 aromatic heterocycles. The fourth-order valence-electron chi connectivity index (χ4n) is 2.75. The number of nitrogens with one attached hydrogen (secondary N) is 1. The lowest BCUT2D eigenvalue weighted by Crippen LogP contribution is -2.18. The average molecular weight is 398 g/mol. The molecule has 0 saturated carbocycles. The summed E-state index contributed by atoms with van der Waals surface area (Å²) in [5.41, 5.74) is 4.46. The molecule has 0 aliphatic carbocycles. The van der Waals surface area contributed by atoms with Gasteiger partial charge in [0, 0.05) is 22.9 Å². The fraction of sp³-hybridized carbons (Fsp3) is 0.200. The van der Waals surface area contributed by atoms with E-state index in [4.69, 9.17) is 0 Å². The van der Waals surface area contributed by atoms with Gasteiger partial charge in [0.2, 0.25) is 0 Å². The predicted octanol–water partition coefficient (Wildman–Crippen LogP) is 4.21. The fourth-order valence-corrected chi connectivity index (χ4v) is 3.22. The largest absolute Gasteiger partial charge is 0.295 e. The van der Waals surface area contributed by atoms with Crippen molar-refractivity contribution in [1.82, 2.24) is 9.78 Å². The molecular formula is C20H20BrN3O. The highest BCUT2D eigenvalue weighted by molar-refractivity contribution is 9.10. The quantitative estimate of drug-likeness (QED) is 0.644. The topological polar surface area (TPSA) is 50.1 Å². The third-order valence-corrected chi connectivity index (χ3v) is 4.60. The van der Waals surface area contributed by atoms with Crippen LogP contribution < -0.4 is 5.56 Å². The van der Waals surface area contributed by atoms with Crippen LogP contribution in [0.1, 0.15) is 22.4 Å². The first kappa shape index (κ1) is 17.4. The number of aliphatic imine (C=N–C) groups is 1. The van der Waals surface area contributed by atoms with Crippen molar-refractivity contribution in [1.29, 1.82) is 0 Å². The van der Waals surface area contributed by atoms with Gasteiger partial charge in [-0.2, -0.15) is 0 Å². The van der Waals surface area contributed by atoms with Crippen molar-refractivity contribution in [3.05, 3.63) is 85.7 Å². The van der Waals surface area contributed by atoms with Crippen LogP contribution in [0.15, 0.2) is 62.8 Å². The van der Waals surface area contributed by atoms with Crippen LogP contribution >= 0.6 is 15.9 Å². The molecule has 4 nitrogen and oxygen atoms in total. The Morgan fingerprint density at radius 2 is 1.92 bits per heavy atom. The molecule has 0 fully saturated rings. The standard InChI is InChI=1S/C20H20BrN3O/c1-14-12-17(21)8-9-19(14)24-20(25)18(15(2)23-24)13-22-11-10-16-6-4-3-5-7-16/h3-9,12-13,23H,10-11H2,1-2H3. The number of hydrogen-bond acceptors (Lipinski definition) is 2. The third-order valence-electron chi connectivity index (χ3n) is 4.11. The van der Waals surface area contributed by atoms with Crippen LogP contribution in [0.2, 0.25) is 0 Å². The third kappa shape index (κ3) is 3.99. The molecule has 2 aromatic carbocycles. The maximum absolute atomic E-state index is 12.7. The van der Waals surface area contributed by atoms with Gasteiger partial charge in [0.25, 0.3) is 5.56 Å². The summed E-state index contributed by atoms with van der Waals surface area (Å²) in [6.45, 7) is 4.53. The van der Waals surface area contributed by atoms with Crippen LogP contribution in [0.4, 0.5) is 0 Å². The Morgan fingerprint density at radius 1 is 1.16 bits per heavy atom. The minimum Gasteiger partial charge on any atom is -0.295 e. The summed E-state index contributed by atoms with van der Waals surface area (Å²) in [6, 6.07) is 16.1. The van der Waals surface area contributed by atoms with Gasteiger partial charge in [0.15, 0.2) is 0 Å². The Balaban J connectivity index is 1.80. The van der Waals surface area contributed by atoms with Gasteiger partial charge in [0.05, 0.1) is 11.3 Å². The molecular weight excluding hydrogens is 378 g/mol. The molecule has 25 heavy (non-hydrogen) atoms. The van der Waals surface area contributed by atoms with E-state index in [1.165, 1.54) is 5.56 Å². The minimum atomic E-state index is -0.0774. The van der Waals surface area contributed by atoms with Gasteiger partial charge in [-0.15, -0.1) is 0 Å². The summed E-state index contributed by atoms with van der Waals surface area (Å²) in [5, 5.41) is 3.15. The Labute approximate surface area is 155 Å². The molecule has 3 aromatic rings. The van der Waals surface area contributed by atoms with Gasteiger partial charge in [-0.05, 0) is 49.6 Å². The smallest absolute Gasteiger partial charge is 0.280 e. The normalized spacial score (nSPS) is 11.3. The molecule has 0 unspecified atom stereocenters. The van der Waals surface area contributed by atoms with E-state index < -0.39 is 0 Å². The molecule has 0 bridgehead atoms. The summed E-state index contributed by atoms with van der Waals surface area (Å²) in [4.78, 5) is 17.2. The molecule has 1 heterocycles. The Kier molecular flexibility index (Phi) is 5.34. The van der Waals surface area contributed by atoms with Gasteiger partial charge in [-0.25, -0.2) is 4.68 Å². The van der Waals surface area contributed by atoms with E-state index in [0.29, 0.717) is 12.1 Å². The summed E-state index contributed by atoms with van der Waals surface area (Å²) in [5.74, 6) is 0. The van der Waals surface area contributed by atoms with Crippen molar-refractivity contribution < 1.29 is 0 Å². The number of halogens is 1. The summed E-state index contributed by atoms with van der Waals surface area (Å²) >= 11 is 3.45. The SMILES string of the molecule is Cc1cc(Br)ccc1-n1[nH]c(C)c(C=NCCc2ccccc2)c1=O. The van der Waals surface area contributed by atoms with Gasteiger partial charge in [-0.3, -0.25) is 14.9 Å². The maximum atomic E-state index is 12.7. The van der Waals surface area contributed by atoms with E-state index >= 15 is 0 Å². The van der Waals surface area contributed by atoms with Gasteiger partial charge in [-0.1, -0.05) is 46.3 Å². The Bertz CT molecular complexity index is 955. The van der Waals surface area contributed by atoms with Crippen LogP contribution in [0.3, 0.4) is 0 Å². The zero-order valence-electron chi connectivity index (χ0n) is 14.3. The van der Waals surface area contributed by atoms with Gasteiger partial charge >= 0.3 is 0 Å². The van der Waals surface area contributed by atoms with E-state index in [0.717, 1.165) is 27.8 Å². The number of rotatable bonds is 5. The molecule has 5 heteroatoms. The Morgan fingerprint density at radius 3 is 2.64 bits per heavy atom.